The maximum atomic E-state index is 3.92. The molecule has 0 aliphatic rings. The molecule has 1 aromatic heterocycles. The van der Waals surface area contributed by atoms with Crippen molar-refractivity contribution in [3.8, 4) is 0 Å². The number of rotatable bonds is 9. The van der Waals surface area contributed by atoms with Crippen LogP contribution in [0.15, 0.2) is 18.9 Å². The normalized spacial score (nSPS) is 12.6. The lowest BCUT2D eigenvalue weighted by atomic mass is 10.1. The maximum absolute atomic E-state index is 3.92. The van der Waals surface area contributed by atoms with E-state index >= 15 is 0 Å². The highest BCUT2D eigenvalue weighted by Gasteiger charge is 2.11. The van der Waals surface area contributed by atoms with Crippen molar-refractivity contribution in [3.05, 3.63) is 23.7 Å². The van der Waals surface area contributed by atoms with E-state index in [0.717, 1.165) is 13.0 Å². The van der Waals surface area contributed by atoms with E-state index in [1.807, 2.05) is 12.3 Å². The van der Waals surface area contributed by atoms with Gasteiger partial charge in [-0.15, -0.1) is 11.7 Å². The number of aromatic nitrogens is 2. The van der Waals surface area contributed by atoms with Gasteiger partial charge in [0.25, 0.3) is 0 Å². The fraction of sp³-hybridized carbons (Fsp3) is 0.667. The lowest BCUT2D eigenvalue weighted by Gasteiger charge is -2.14. The van der Waals surface area contributed by atoms with Gasteiger partial charge in [-0.3, -0.25) is 0 Å². The number of hydrogen-bond acceptors (Lipinski definition) is 4. The first-order valence-electron chi connectivity index (χ1n) is 6.00. The van der Waals surface area contributed by atoms with E-state index in [0.29, 0.717) is 6.04 Å². The second kappa shape index (κ2) is 8.42. The molecular formula is C12H21N3S. The molecule has 1 aromatic rings. The topological polar surface area (TPSA) is 37.8 Å². The van der Waals surface area contributed by atoms with Crippen molar-refractivity contribution in [2.45, 2.75) is 45.1 Å². The Morgan fingerprint density at radius 3 is 3.00 bits per heavy atom. The largest absolute Gasteiger partial charge is 0.309 e. The van der Waals surface area contributed by atoms with E-state index in [4.69, 9.17) is 0 Å². The summed E-state index contributed by atoms with van der Waals surface area (Å²) in [5.74, 6) is 0. The van der Waals surface area contributed by atoms with E-state index < -0.39 is 0 Å². The summed E-state index contributed by atoms with van der Waals surface area (Å²) in [4.78, 5) is 1.26. The van der Waals surface area contributed by atoms with Crippen molar-refractivity contribution in [3.63, 3.8) is 0 Å². The van der Waals surface area contributed by atoms with Gasteiger partial charge in [0.05, 0.1) is 11.1 Å². The smallest absolute Gasteiger partial charge is 0.0669 e. The molecule has 1 rings (SSSR count). The third-order valence-corrected chi connectivity index (χ3v) is 3.35. The van der Waals surface area contributed by atoms with Crippen LogP contribution in [0, 0.1) is 0 Å². The van der Waals surface area contributed by atoms with Gasteiger partial charge in [0.15, 0.2) is 0 Å². The Kier molecular flexibility index (Phi) is 7.01. The van der Waals surface area contributed by atoms with Gasteiger partial charge < -0.3 is 5.32 Å². The lowest BCUT2D eigenvalue weighted by molar-refractivity contribution is 0.489. The predicted octanol–water partition coefficient (Wildman–Crippen LogP) is 3.33. The van der Waals surface area contributed by atoms with Crippen LogP contribution in [0.4, 0.5) is 0 Å². The zero-order chi connectivity index (χ0) is 11.6. The minimum atomic E-state index is 0.439. The molecule has 1 atom stereocenters. The molecule has 1 N–H and O–H groups in total. The molecule has 0 saturated heterocycles. The Labute approximate surface area is 102 Å². The van der Waals surface area contributed by atoms with Crippen LogP contribution in [0.3, 0.4) is 0 Å². The Hall–Kier alpha value is -0.740. The van der Waals surface area contributed by atoms with E-state index in [9.17, 15) is 0 Å². The molecule has 0 spiro atoms. The van der Waals surface area contributed by atoms with Gasteiger partial charge in [-0.2, -0.15) is 0 Å². The minimum Gasteiger partial charge on any atom is -0.309 e. The van der Waals surface area contributed by atoms with Crippen LogP contribution in [0.25, 0.3) is 0 Å². The quantitative estimate of drug-likeness (QED) is 0.530. The first-order valence-corrected chi connectivity index (χ1v) is 6.77. The molecule has 0 fully saturated rings. The Morgan fingerprint density at radius 2 is 2.38 bits per heavy atom. The molecule has 1 unspecified atom stereocenters. The molecule has 0 saturated carbocycles. The Bertz CT molecular complexity index is 272. The molecule has 0 bridgehead atoms. The molecule has 0 aromatic carbocycles. The number of nitrogens with zero attached hydrogens (tertiary/aromatic N) is 2. The van der Waals surface area contributed by atoms with Crippen LogP contribution < -0.4 is 5.32 Å². The van der Waals surface area contributed by atoms with E-state index in [2.05, 4.69) is 28.4 Å². The number of allylic oxidation sites excluding steroid dienone is 1. The van der Waals surface area contributed by atoms with Gasteiger partial charge in [0, 0.05) is 6.04 Å². The first-order chi connectivity index (χ1) is 7.88. The van der Waals surface area contributed by atoms with Crippen LogP contribution in [-0.2, 0) is 0 Å². The molecule has 90 valence electrons. The maximum Gasteiger partial charge on any atom is 0.0669 e. The summed E-state index contributed by atoms with van der Waals surface area (Å²) in [5, 5.41) is 7.38. The molecule has 0 aliphatic heterocycles. The molecule has 0 amide bonds. The zero-order valence-corrected chi connectivity index (χ0v) is 10.8. The molecule has 1 heterocycles. The summed E-state index contributed by atoms with van der Waals surface area (Å²) in [6, 6.07) is 0.439. The van der Waals surface area contributed by atoms with Gasteiger partial charge in [-0.25, -0.2) is 0 Å². The summed E-state index contributed by atoms with van der Waals surface area (Å²) in [6.07, 6.45) is 9.96. The summed E-state index contributed by atoms with van der Waals surface area (Å²) >= 11 is 1.50. The fourth-order valence-electron chi connectivity index (χ4n) is 1.73. The van der Waals surface area contributed by atoms with Gasteiger partial charge in [-0.1, -0.05) is 30.3 Å². The highest BCUT2D eigenvalue weighted by molar-refractivity contribution is 7.05. The fourth-order valence-corrected chi connectivity index (χ4v) is 2.34. The van der Waals surface area contributed by atoms with Crippen molar-refractivity contribution in [1.82, 2.24) is 14.9 Å². The second-order valence-electron chi connectivity index (χ2n) is 3.86. The monoisotopic (exact) mass is 239 g/mol. The molecule has 0 aliphatic carbocycles. The molecular weight excluding hydrogens is 218 g/mol. The zero-order valence-electron chi connectivity index (χ0n) is 9.98. The van der Waals surface area contributed by atoms with Crippen LogP contribution in [0.5, 0.6) is 0 Å². The van der Waals surface area contributed by atoms with Gasteiger partial charge in [0.1, 0.15) is 0 Å². The first kappa shape index (κ1) is 13.3. The van der Waals surface area contributed by atoms with Gasteiger partial charge >= 0.3 is 0 Å². The van der Waals surface area contributed by atoms with Crippen molar-refractivity contribution in [2.75, 3.05) is 6.54 Å². The van der Waals surface area contributed by atoms with Crippen molar-refractivity contribution in [1.29, 1.82) is 0 Å². The third kappa shape index (κ3) is 4.86. The summed E-state index contributed by atoms with van der Waals surface area (Å²) in [5.41, 5.74) is 0. The van der Waals surface area contributed by atoms with E-state index in [-0.39, 0.29) is 0 Å². The van der Waals surface area contributed by atoms with Crippen molar-refractivity contribution < 1.29 is 0 Å². The minimum absolute atomic E-state index is 0.439. The van der Waals surface area contributed by atoms with Crippen LogP contribution in [-0.4, -0.2) is 16.1 Å². The third-order valence-electron chi connectivity index (χ3n) is 2.57. The summed E-state index contributed by atoms with van der Waals surface area (Å²) < 4.78 is 3.92. The molecule has 16 heavy (non-hydrogen) atoms. The van der Waals surface area contributed by atoms with Crippen molar-refractivity contribution >= 4 is 11.5 Å². The average molecular weight is 239 g/mol. The standard InChI is InChI=1S/C12H21N3S/c1-3-5-6-7-8-9-11(13-4-2)12-10-14-15-16-12/h3,10-11,13H,1,4-9H2,2H3. The average Bonchev–Trinajstić information content (AvgIpc) is 2.81. The van der Waals surface area contributed by atoms with E-state index in [1.54, 1.807) is 0 Å². The summed E-state index contributed by atoms with van der Waals surface area (Å²) in [6.45, 7) is 6.87. The Morgan fingerprint density at radius 1 is 1.50 bits per heavy atom. The summed E-state index contributed by atoms with van der Waals surface area (Å²) in [7, 11) is 0. The highest BCUT2D eigenvalue weighted by Crippen LogP contribution is 2.21. The number of hydrogen-bond donors (Lipinski definition) is 1. The highest BCUT2D eigenvalue weighted by atomic mass is 32.1. The SMILES string of the molecule is C=CCCCCCC(NCC)c1cnns1. The molecule has 4 heteroatoms. The second-order valence-corrected chi connectivity index (χ2v) is 4.67. The van der Waals surface area contributed by atoms with Gasteiger partial charge in [0.2, 0.25) is 0 Å². The number of unbranched alkanes of at least 4 members (excludes halogenated alkanes) is 3. The van der Waals surface area contributed by atoms with Crippen LogP contribution >= 0.6 is 11.5 Å². The van der Waals surface area contributed by atoms with Crippen LogP contribution in [0.1, 0.15) is 49.9 Å². The predicted molar refractivity (Wildman–Crippen MR) is 69.6 cm³/mol. The van der Waals surface area contributed by atoms with Crippen molar-refractivity contribution in [2.24, 2.45) is 0 Å². The van der Waals surface area contributed by atoms with Gasteiger partial charge in [-0.05, 0) is 37.3 Å². The molecule has 3 nitrogen and oxygen atoms in total. The van der Waals surface area contributed by atoms with E-state index in [1.165, 1.54) is 42.1 Å². The lowest BCUT2D eigenvalue weighted by Crippen LogP contribution is -2.19. The number of nitrogens with one attached hydrogen (secondary N) is 1. The Balaban J connectivity index is 2.26. The van der Waals surface area contributed by atoms with Crippen LogP contribution in [0.2, 0.25) is 0 Å². The molecule has 0 radical (unpaired) electrons.